The topological polar surface area (TPSA) is 21.3 Å². The summed E-state index contributed by atoms with van der Waals surface area (Å²) in [5.41, 5.74) is 3.40. The molecule has 0 fully saturated rings. The van der Waals surface area contributed by atoms with Crippen LogP contribution in [0.5, 0.6) is 0 Å². The SMILES string of the molecule is C=C(CCCOC)Nc1cccc(C)c1.CC. The first-order chi connectivity index (χ1) is 8.22. The van der Waals surface area contributed by atoms with Crippen LogP contribution in [-0.4, -0.2) is 13.7 Å². The first-order valence-corrected chi connectivity index (χ1v) is 6.23. The average Bonchev–Trinajstić information content (AvgIpc) is 2.32. The Kier molecular flexibility index (Phi) is 9.17. The number of nitrogens with one attached hydrogen (secondary N) is 1. The molecule has 0 aliphatic rings. The Bertz CT molecular complexity index is 320. The highest BCUT2D eigenvalue weighted by molar-refractivity contribution is 5.49. The van der Waals surface area contributed by atoms with Crippen LogP contribution in [0.3, 0.4) is 0 Å². The third kappa shape index (κ3) is 7.58. The van der Waals surface area contributed by atoms with Crippen molar-refractivity contribution in [2.45, 2.75) is 33.6 Å². The minimum Gasteiger partial charge on any atom is -0.385 e. The van der Waals surface area contributed by atoms with Gasteiger partial charge in [0.15, 0.2) is 0 Å². The molecule has 1 aromatic carbocycles. The van der Waals surface area contributed by atoms with Crippen LogP contribution in [0.4, 0.5) is 5.69 Å². The Morgan fingerprint density at radius 3 is 2.65 bits per heavy atom. The maximum atomic E-state index is 4.99. The molecule has 1 N–H and O–H groups in total. The molecule has 0 bridgehead atoms. The molecule has 0 saturated heterocycles. The largest absolute Gasteiger partial charge is 0.385 e. The van der Waals surface area contributed by atoms with E-state index in [1.807, 2.05) is 19.9 Å². The molecule has 0 aliphatic carbocycles. The molecule has 2 nitrogen and oxygen atoms in total. The molecular formula is C15H25NO. The first kappa shape index (κ1) is 15.7. The summed E-state index contributed by atoms with van der Waals surface area (Å²) in [6.07, 6.45) is 1.95. The molecular weight excluding hydrogens is 210 g/mol. The lowest BCUT2D eigenvalue weighted by molar-refractivity contribution is 0.195. The fourth-order valence-corrected chi connectivity index (χ4v) is 1.42. The summed E-state index contributed by atoms with van der Waals surface area (Å²) in [6, 6.07) is 8.29. The van der Waals surface area contributed by atoms with Crippen molar-refractivity contribution in [3.8, 4) is 0 Å². The maximum Gasteiger partial charge on any atom is 0.0465 e. The number of hydrogen-bond donors (Lipinski definition) is 1. The van der Waals surface area contributed by atoms with Gasteiger partial charge in [-0.25, -0.2) is 0 Å². The second kappa shape index (κ2) is 9.91. The number of methoxy groups -OCH3 is 1. The molecule has 1 aromatic rings. The molecule has 96 valence electrons. The number of hydrogen-bond acceptors (Lipinski definition) is 2. The van der Waals surface area contributed by atoms with Crippen LogP contribution in [0.2, 0.25) is 0 Å². The summed E-state index contributed by atoms with van der Waals surface area (Å²) in [5.74, 6) is 0. The van der Waals surface area contributed by atoms with Crippen LogP contribution in [0, 0.1) is 6.92 Å². The van der Waals surface area contributed by atoms with Gasteiger partial charge < -0.3 is 10.1 Å². The number of allylic oxidation sites excluding steroid dienone is 1. The van der Waals surface area contributed by atoms with Gasteiger partial charge in [-0.15, -0.1) is 0 Å². The molecule has 2 heteroatoms. The van der Waals surface area contributed by atoms with E-state index < -0.39 is 0 Å². The molecule has 0 spiro atoms. The zero-order chi connectivity index (χ0) is 13.1. The molecule has 1 rings (SSSR count). The second-order valence-corrected chi connectivity index (χ2v) is 3.69. The number of ether oxygens (including phenoxy) is 1. The van der Waals surface area contributed by atoms with Crippen molar-refractivity contribution in [1.29, 1.82) is 0 Å². The van der Waals surface area contributed by atoms with Crippen molar-refractivity contribution < 1.29 is 4.74 Å². The summed E-state index contributed by atoms with van der Waals surface area (Å²) >= 11 is 0. The first-order valence-electron chi connectivity index (χ1n) is 6.23. The number of benzene rings is 1. The van der Waals surface area contributed by atoms with Gasteiger partial charge in [-0.2, -0.15) is 0 Å². The van der Waals surface area contributed by atoms with E-state index in [1.165, 1.54) is 5.56 Å². The highest BCUT2D eigenvalue weighted by Gasteiger charge is 1.96. The predicted molar refractivity (Wildman–Crippen MR) is 76.4 cm³/mol. The van der Waals surface area contributed by atoms with Crippen LogP contribution >= 0.6 is 0 Å². The van der Waals surface area contributed by atoms with E-state index in [0.717, 1.165) is 30.8 Å². The summed E-state index contributed by atoms with van der Waals surface area (Å²) in [4.78, 5) is 0. The molecule has 0 aliphatic heterocycles. The van der Waals surface area contributed by atoms with E-state index in [-0.39, 0.29) is 0 Å². The van der Waals surface area contributed by atoms with E-state index in [1.54, 1.807) is 7.11 Å². The van der Waals surface area contributed by atoms with E-state index in [4.69, 9.17) is 4.74 Å². The van der Waals surface area contributed by atoms with Crippen molar-refractivity contribution in [3.63, 3.8) is 0 Å². The zero-order valence-electron chi connectivity index (χ0n) is 11.5. The van der Waals surface area contributed by atoms with E-state index >= 15 is 0 Å². The third-order valence-corrected chi connectivity index (χ3v) is 2.17. The highest BCUT2D eigenvalue weighted by atomic mass is 16.5. The fraction of sp³-hybridized carbons (Fsp3) is 0.467. The van der Waals surface area contributed by atoms with Gasteiger partial charge in [0.05, 0.1) is 0 Å². The van der Waals surface area contributed by atoms with Crippen molar-refractivity contribution in [3.05, 3.63) is 42.1 Å². The van der Waals surface area contributed by atoms with Crippen molar-refractivity contribution in [1.82, 2.24) is 0 Å². The summed E-state index contributed by atoms with van der Waals surface area (Å²) in [5, 5.41) is 3.29. The molecule has 0 amide bonds. The van der Waals surface area contributed by atoms with E-state index in [2.05, 4.69) is 37.0 Å². The molecule has 0 saturated carbocycles. The zero-order valence-corrected chi connectivity index (χ0v) is 11.5. The van der Waals surface area contributed by atoms with Crippen LogP contribution < -0.4 is 5.32 Å². The summed E-state index contributed by atoms with van der Waals surface area (Å²) < 4.78 is 4.99. The lowest BCUT2D eigenvalue weighted by atomic mass is 10.2. The summed E-state index contributed by atoms with van der Waals surface area (Å²) in [6.45, 7) is 10.9. The van der Waals surface area contributed by atoms with Gasteiger partial charge in [0.25, 0.3) is 0 Å². The van der Waals surface area contributed by atoms with Crippen molar-refractivity contribution >= 4 is 5.69 Å². The molecule has 0 atom stereocenters. The highest BCUT2D eigenvalue weighted by Crippen LogP contribution is 2.13. The summed E-state index contributed by atoms with van der Waals surface area (Å²) in [7, 11) is 1.72. The predicted octanol–water partition coefficient (Wildman–Crippen LogP) is 4.37. The Hall–Kier alpha value is -1.28. The van der Waals surface area contributed by atoms with Gasteiger partial charge in [0.1, 0.15) is 0 Å². The number of rotatable bonds is 6. The minimum atomic E-state index is 0.786. The van der Waals surface area contributed by atoms with Crippen LogP contribution in [0.15, 0.2) is 36.5 Å². The molecule has 0 heterocycles. The van der Waals surface area contributed by atoms with Gasteiger partial charge in [0.2, 0.25) is 0 Å². The molecule has 0 aromatic heterocycles. The minimum absolute atomic E-state index is 0.786. The lowest BCUT2D eigenvalue weighted by Gasteiger charge is -2.09. The van der Waals surface area contributed by atoms with Gasteiger partial charge >= 0.3 is 0 Å². The fourth-order valence-electron chi connectivity index (χ4n) is 1.42. The Labute approximate surface area is 106 Å². The molecule has 0 radical (unpaired) electrons. The Morgan fingerprint density at radius 1 is 1.35 bits per heavy atom. The molecule has 17 heavy (non-hydrogen) atoms. The average molecular weight is 235 g/mol. The number of aryl methyl sites for hydroxylation is 1. The monoisotopic (exact) mass is 235 g/mol. The third-order valence-electron chi connectivity index (χ3n) is 2.17. The van der Waals surface area contributed by atoms with Crippen LogP contribution in [-0.2, 0) is 4.74 Å². The maximum absolute atomic E-state index is 4.99. The van der Waals surface area contributed by atoms with Crippen molar-refractivity contribution in [2.24, 2.45) is 0 Å². The van der Waals surface area contributed by atoms with E-state index in [0.29, 0.717) is 0 Å². The van der Waals surface area contributed by atoms with Gasteiger partial charge in [-0.1, -0.05) is 32.6 Å². The van der Waals surface area contributed by atoms with Gasteiger partial charge in [-0.3, -0.25) is 0 Å². The Balaban J connectivity index is 0.00000121. The quantitative estimate of drug-likeness (QED) is 0.739. The van der Waals surface area contributed by atoms with E-state index in [9.17, 15) is 0 Å². The second-order valence-electron chi connectivity index (χ2n) is 3.69. The Morgan fingerprint density at radius 2 is 2.06 bits per heavy atom. The van der Waals surface area contributed by atoms with Crippen LogP contribution in [0.1, 0.15) is 32.3 Å². The standard InChI is InChI=1S/C13H19NO.C2H6/c1-11-6-4-8-13(10-11)14-12(2)7-5-9-15-3;1-2/h4,6,8,10,14H,2,5,7,9H2,1,3H3;1-2H3. The number of anilines is 1. The lowest BCUT2D eigenvalue weighted by Crippen LogP contribution is -2.00. The smallest absolute Gasteiger partial charge is 0.0465 e. The van der Waals surface area contributed by atoms with Gasteiger partial charge in [0, 0.05) is 25.1 Å². The van der Waals surface area contributed by atoms with Gasteiger partial charge in [-0.05, 0) is 37.5 Å². The molecule has 0 unspecified atom stereocenters. The van der Waals surface area contributed by atoms with Crippen LogP contribution in [0.25, 0.3) is 0 Å². The normalized spacial score (nSPS) is 9.18. The van der Waals surface area contributed by atoms with Crippen molar-refractivity contribution in [2.75, 3.05) is 19.0 Å².